The number of nitrogens with one attached hydrogen (secondary N) is 2. The third-order valence-corrected chi connectivity index (χ3v) is 2.10. The van der Waals surface area contributed by atoms with E-state index in [1.165, 1.54) is 0 Å². The second-order valence-electron chi connectivity index (χ2n) is 3.45. The lowest BCUT2D eigenvalue weighted by Gasteiger charge is -2.11. The van der Waals surface area contributed by atoms with Crippen LogP contribution in [0.2, 0.25) is 0 Å². The molecule has 6 nitrogen and oxygen atoms in total. The maximum atomic E-state index is 10.7. The zero-order valence-corrected chi connectivity index (χ0v) is 10.7. The molecule has 1 aliphatic heterocycles. The van der Waals surface area contributed by atoms with Crippen molar-refractivity contribution in [3.8, 4) is 0 Å². The quantitative estimate of drug-likeness (QED) is 0.293. The van der Waals surface area contributed by atoms with Gasteiger partial charge in [0.25, 0.3) is 5.91 Å². The molecule has 16 heavy (non-hydrogen) atoms. The van der Waals surface area contributed by atoms with E-state index in [4.69, 9.17) is 45.0 Å². The van der Waals surface area contributed by atoms with Crippen LogP contribution in [0.4, 0.5) is 4.79 Å². The van der Waals surface area contributed by atoms with Gasteiger partial charge in [-0.15, -0.1) is 0 Å². The number of amides is 3. The normalized spacial score (nSPS) is 18.8. The van der Waals surface area contributed by atoms with Crippen LogP contribution in [0.25, 0.3) is 0 Å². The van der Waals surface area contributed by atoms with Crippen LogP contribution in [-0.4, -0.2) is 37.8 Å². The van der Waals surface area contributed by atoms with Crippen LogP contribution in [0.5, 0.6) is 0 Å². The molecule has 1 heterocycles. The molecule has 0 aromatic rings. The summed E-state index contributed by atoms with van der Waals surface area (Å²) in [5, 5.41) is 20.7. The SMILES string of the molecule is CC1(C)NC(=O)NC1=O.OC(O)C(Cl)(Cl)Cl. The first kappa shape index (κ1) is 15.7. The van der Waals surface area contributed by atoms with Crippen molar-refractivity contribution in [3.05, 3.63) is 0 Å². The summed E-state index contributed by atoms with van der Waals surface area (Å²) in [6.45, 7) is 3.29. The second-order valence-corrected chi connectivity index (χ2v) is 5.82. The predicted molar refractivity (Wildman–Crippen MR) is 59.3 cm³/mol. The minimum absolute atomic E-state index is 0.271. The standard InChI is InChI=1S/C5H8N2O2.C2H3Cl3O2/c1-5(2)3(8)6-4(9)7-5;3-2(4,5)1(6)7/h1-2H3,(H2,6,7,8,9);1,6-7H. The number of carbonyl (C=O) groups is 2. The minimum atomic E-state index is -1.97. The van der Waals surface area contributed by atoms with E-state index in [1.54, 1.807) is 13.8 Å². The summed E-state index contributed by atoms with van der Waals surface area (Å²) < 4.78 is -1.97. The van der Waals surface area contributed by atoms with Gasteiger partial charge in [-0.1, -0.05) is 34.8 Å². The fraction of sp³-hybridized carbons (Fsp3) is 0.714. The van der Waals surface area contributed by atoms with E-state index in [2.05, 4.69) is 10.6 Å². The fourth-order valence-corrected chi connectivity index (χ4v) is 0.631. The molecular formula is C7H11Cl3N2O4. The Morgan fingerprint density at radius 3 is 1.69 bits per heavy atom. The molecule has 3 amide bonds. The Kier molecular flexibility index (Phi) is 5.28. The number of carbonyl (C=O) groups excluding carboxylic acids is 2. The summed E-state index contributed by atoms with van der Waals surface area (Å²) in [6.07, 6.45) is -1.91. The first-order valence-electron chi connectivity index (χ1n) is 4.03. The molecule has 4 N–H and O–H groups in total. The number of urea groups is 1. The van der Waals surface area contributed by atoms with E-state index in [9.17, 15) is 9.59 Å². The molecular weight excluding hydrogens is 282 g/mol. The average molecular weight is 294 g/mol. The van der Waals surface area contributed by atoms with Crippen molar-refractivity contribution < 1.29 is 19.8 Å². The van der Waals surface area contributed by atoms with E-state index in [-0.39, 0.29) is 5.91 Å². The lowest BCUT2D eigenvalue weighted by Crippen LogP contribution is -2.39. The molecule has 1 fully saturated rings. The predicted octanol–water partition coefficient (Wildman–Crippen LogP) is 0.272. The van der Waals surface area contributed by atoms with Crippen molar-refractivity contribution >= 4 is 46.7 Å². The summed E-state index contributed by atoms with van der Waals surface area (Å²) in [5.74, 6) is -0.271. The van der Waals surface area contributed by atoms with Gasteiger partial charge >= 0.3 is 6.03 Å². The van der Waals surface area contributed by atoms with Gasteiger partial charge in [0.1, 0.15) is 5.54 Å². The maximum Gasteiger partial charge on any atom is 0.322 e. The van der Waals surface area contributed by atoms with E-state index in [0.29, 0.717) is 0 Å². The highest BCUT2D eigenvalue weighted by Crippen LogP contribution is 2.28. The molecule has 0 aromatic carbocycles. The van der Waals surface area contributed by atoms with Crippen LogP contribution in [0.1, 0.15) is 13.8 Å². The Bertz CT molecular complexity index is 288. The van der Waals surface area contributed by atoms with Crippen molar-refractivity contribution in [2.75, 3.05) is 0 Å². The van der Waals surface area contributed by atoms with E-state index >= 15 is 0 Å². The number of aliphatic hydroxyl groups is 2. The van der Waals surface area contributed by atoms with Gasteiger partial charge in [-0.3, -0.25) is 10.1 Å². The Hall–Kier alpha value is -0.270. The molecule has 0 bridgehead atoms. The Morgan fingerprint density at radius 2 is 1.62 bits per heavy atom. The van der Waals surface area contributed by atoms with Crippen molar-refractivity contribution in [2.24, 2.45) is 0 Å². The molecule has 0 spiro atoms. The molecule has 0 radical (unpaired) electrons. The van der Waals surface area contributed by atoms with E-state index in [1.807, 2.05) is 0 Å². The lowest BCUT2D eigenvalue weighted by molar-refractivity contribution is -0.122. The number of imide groups is 1. The van der Waals surface area contributed by atoms with Gasteiger partial charge in [-0.05, 0) is 13.8 Å². The monoisotopic (exact) mass is 292 g/mol. The van der Waals surface area contributed by atoms with Gasteiger partial charge in [-0.25, -0.2) is 4.79 Å². The van der Waals surface area contributed by atoms with Gasteiger partial charge in [0.05, 0.1) is 0 Å². The summed E-state index contributed by atoms with van der Waals surface area (Å²) >= 11 is 14.7. The van der Waals surface area contributed by atoms with Gasteiger partial charge in [0.15, 0.2) is 6.29 Å². The molecule has 0 atom stereocenters. The Morgan fingerprint density at radius 1 is 1.25 bits per heavy atom. The Balaban J connectivity index is 0.000000293. The summed E-state index contributed by atoms with van der Waals surface area (Å²) in [6, 6.07) is -0.412. The van der Waals surface area contributed by atoms with Crippen molar-refractivity contribution in [1.82, 2.24) is 10.6 Å². The largest absolute Gasteiger partial charge is 0.365 e. The van der Waals surface area contributed by atoms with Gasteiger partial charge in [0.2, 0.25) is 3.79 Å². The number of aliphatic hydroxyl groups excluding tert-OH is 1. The van der Waals surface area contributed by atoms with Crippen LogP contribution in [0.15, 0.2) is 0 Å². The highest BCUT2D eigenvalue weighted by atomic mass is 35.6. The lowest BCUT2D eigenvalue weighted by atomic mass is 10.1. The van der Waals surface area contributed by atoms with Crippen LogP contribution >= 0.6 is 34.8 Å². The van der Waals surface area contributed by atoms with Gasteiger partial charge < -0.3 is 15.5 Å². The molecule has 0 saturated carbocycles. The first-order chi connectivity index (χ1) is 6.97. The molecule has 1 saturated heterocycles. The molecule has 0 aliphatic carbocycles. The number of hydrogen-bond donors (Lipinski definition) is 4. The van der Waals surface area contributed by atoms with E-state index in [0.717, 1.165) is 0 Å². The zero-order valence-electron chi connectivity index (χ0n) is 8.42. The fourth-order valence-electron chi connectivity index (χ4n) is 0.631. The van der Waals surface area contributed by atoms with Crippen LogP contribution in [0, 0.1) is 0 Å². The number of halogens is 3. The topological polar surface area (TPSA) is 98.7 Å². The number of rotatable bonds is 0. The summed E-state index contributed by atoms with van der Waals surface area (Å²) in [4.78, 5) is 21.1. The second kappa shape index (κ2) is 5.37. The molecule has 0 aromatic heterocycles. The highest BCUT2D eigenvalue weighted by Gasteiger charge is 2.36. The summed E-state index contributed by atoms with van der Waals surface area (Å²) in [5.41, 5.74) is -0.725. The van der Waals surface area contributed by atoms with Crippen molar-refractivity contribution in [2.45, 2.75) is 29.5 Å². The van der Waals surface area contributed by atoms with Crippen molar-refractivity contribution in [3.63, 3.8) is 0 Å². The molecule has 1 aliphatic rings. The molecule has 94 valence electrons. The number of alkyl halides is 3. The smallest absolute Gasteiger partial charge is 0.322 e. The Labute approximate surface area is 107 Å². The minimum Gasteiger partial charge on any atom is -0.365 e. The third kappa shape index (κ3) is 5.18. The first-order valence-corrected chi connectivity index (χ1v) is 5.16. The highest BCUT2D eigenvalue weighted by molar-refractivity contribution is 6.67. The van der Waals surface area contributed by atoms with Crippen LogP contribution in [-0.2, 0) is 4.79 Å². The molecule has 9 heteroatoms. The zero-order chi connectivity index (χ0) is 13.1. The van der Waals surface area contributed by atoms with Crippen molar-refractivity contribution in [1.29, 1.82) is 0 Å². The average Bonchev–Trinajstić information content (AvgIpc) is 2.22. The van der Waals surface area contributed by atoms with Gasteiger partial charge in [0, 0.05) is 0 Å². The summed E-state index contributed by atoms with van der Waals surface area (Å²) in [7, 11) is 0. The van der Waals surface area contributed by atoms with E-state index < -0.39 is 21.7 Å². The molecule has 0 unspecified atom stereocenters. The number of hydrogen-bond acceptors (Lipinski definition) is 4. The maximum absolute atomic E-state index is 10.7. The van der Waals surface area contributed by atoms with Crippen LogP contribution < -0.4 is 10.6 Å². The van der Waals surface area contributed by atoms with Gasteiger partial charge in [-0.2, -0.15) is 0 Å². The molecule has 1 rings (SSSR count). The van der Waals surface area contributed by atoms with Crippen LogP contribution in [0.3, 0.4) is 0 Å². The third-order valence-electron chi connectivity index (χ3n) is 1.51.